The van der Waals surface area contributed by atoms with Gasteiger partial charge in [0, 0.05) is 24.7 Å². The summed E-state index contributed by atoms with van der Waals surface area (Å²) in [4.78, 5) is 14.2. The number of nitriles is 1. The minimum atomic E-state index is -0.300. The highest BCUT2D eigenvalue weighted by molar-refractivity contribution is 5.94. The predicted octanol–water partition coefficient (Wildman–Crippen LogP) is 1.85. The molecule has 1 aromatic carbocycles. The molecule has 106 valence electrons. The summed E-state index contributed by atoms with van der Waals surface area (Å²) in [6.07, 6.45) is 1.68. The van der Waals surface area contributed by atoms with Crippen LogP contribution >= 0.6 is 0 Å². The van der Waals surface area contributed by atoms with Crippen molar-refractivity contribution in [1.29, 1.82) is 5.26 Å². The summed E-state index contributed by atoms with van der Waals surface area (Å²) >= 11 is 0. The van der Waals surface area contributed by atoms with Crippen molar-refractivity contribution in [3.05, 3.63) is 35.1 Å². The van der Waals surface area contributed by atoms with Crippen LogP contribution in [-0.2, 0) is 0 Å². The first-order valence-electron chi connectivity index (χ1n) is 6.76. The molecule has 1 aromatic rings. The number of carbonyl (C=O) groups is 1. The molecule has 4 nitrogen and oxygen atoms in total. The monoisotopic (exact) mass is 275 g/mol. The Morgan fingerprint density at radius 3 is 2.80 bits per heavy atom. The van der Waals surface area contributed by atoms with Crippen LogP contribution in [0.25, 0.3) is 0 Å². The highest BCUT2D eigenvalue weighted by Crippen LogP contribution is 2.13. The number of nitrogens with zero attached hydrogens (tertiary/aromatic N) is 2. The van der Waals surface area contributed by atoms with Crippen molar-refractivity contribution in [2.45, 2.75) is 25.8 Å². The van der Waals surface area contributed by atoms with Gasteiger partial charge < -0.3 is 5.32 Å². The molecule has 1 amide bonds. The molecule has 1 aliphatic heterocycles. The molecule has 1 fully saturated rings. The van der Waals surface area contributed by atoms with E-state index in [9.17, 15) is 9.18 Å². The lowest BCUT2D eigenvalue weighted by Gasteiger charge is -2.30. The molecule has 1 aliphatic rings. The Kier molecular flexibility index (Phi) is 4.70. The van der Waals surface area contributed by atoms with Gasteiger partial charge in [-0.2, -0.15) is 5.26 Å². The topological polar surface area (TPSA) is 56.1 Å². The zero-order valence-corrected chi connectivity index (χ0v) is 11.5. The summed E-state index contributed by atoms with van der Waals surface area (Å²) in [5.41, 5.74) is 0.963. The molecule has 5 heteroatoms. The Labute approximate surface area is 118 Å². The number of aryl methyl sites for hydroxylation is 1. The van der Waals surface area contributed by atoms with E-state index in [0.29, 0.717) is 17.7 Å². The molecule has 1 saturated heterocycles. The van der Waals surface area contributed by atoms with Gasteiger partial charge in [0.05, 0.1) is 12.6 Å². The van der Waals surface area contributed by atoms with Crippen LogP contribution in [0, 0.1) is 24.1 Å². The second kappa shape index (κ2) is 6.49. The summed E-state index contributed by atoms with van der Waals surface area (Å²) < 4.78 is 13.2. The van der Waals surface area contributed by atoms with E-state index < -0.39 is 0 Å². The number of piperidine rings is 1. The first-order chi connectivity index (χ1) is 9.60. The summed E-state index contributed by atoms with van der Waals surface area (Å²) in [7, 11) is 0. The first kappa shape index (κ1) is 14.5. The molecule has 0 atom stereocenters. The number of hydrogen-bond acceptors (Lipinski definition) is 3. The number of hydrogen-bond donors (Lipinski definition) is 1. The van der Waals surface area contributed by atoms with Gasteiger partial charge in [0.1, 0.15) is 5.82 Å². The van der Waals surface area contributed by atoms with Crippen LogP contribution in [0.4, 0.5) is 4.39 Å². The summed E-state index contributed by atoms with van der Waals surface area (Å²) in [6.45, 7) is 3.73. The van der Waals surface area contributed by atoms with E-state index in [1.54, 1.807) is 13.0 Å². The molecule has 20 heavy (non-hydrogen) atoms. The molecule has 0 spiro atoms. The first-order valence-corrected chi connectivity index (χ1v) is 6.76. The lowest BCUT2D eigenvalue weighted by molar-refractivity contribution is 0.0914. The predicted molar refractivity (Wildman–Crippen MR) is 73.7 cm³/mol. The second-order valence-corrected chi connectivity index (χ2v) is 5.15. The van der Waals surface area contributed by atoms with Crippen molar-refractivity contribution in [1.82, 2.24) is 10.2 Å². The maximum absolute atomic E-state index is 13.2. The maximum atomic E-state index is 13.2. The van der Waals surface area contributed by atoms with Crippen molar-refractivity contribution in [2.24, 2.45) is 0 Å². The number of likely N-dealkylation sites (tertiary alicyclic amines) is 1. The van der Waals surface area contributed by atoms with E-state index >= 15 is 0 Å². The van der Waals surface area contributed by atoms with Crippen LogP contribution in [0.15, 0.2) is 18.2 Å². The average molecular weight is 275 g/mol. The molecule has 0 unspecified atom stereocenters. The Morgan fingerprint density at radius 2 is 2.20 bits per heavy atom. The molecular weight excluding hydrogens is 257 g/mol. The molecule has 2 rings (SSSR count). The van der Waals surface area contributed by atoms with Crippen molar-refractivity contribution >= 4 is 5.91 Å². The number of halogens is 1. The Morgan fingerprint density at radius 1 is 1.50 bits per heavy atom. The fourth-order valence-corrected chi connectivity index (χ4v) is 2.39. The minimum Gasteiger partial charge on any atom is -0.349 e. The van der Waals surface area contributed by atoms with Crippen LogP contribution in [0.5, 0.6) is 0 Å². The number of carbonyl (C=O) groups excluding carboxylic acids is 1. The summed E-state index contributed by atoms with van der Waals surface area (Å²) in [5, 5.41) is 11.6. The summed E-state index contributed by atoms with van der Waals surface area (Å²) in [6, 6.07) is 6.65. The highest BCUT2D eigenvalue weighted by atomic mass is 19.1. The van der Waals surface area contributed by atoms with Crippen LogP contribution in [0.2, 0.25) is 0 Å². The maximum Gasteiger partial charge on any atom is 0.251 e. The van der Waals surface area contributed by atoms with Gasteiger partial charge >= 0.3 is 0 Å². The normalized spacial score (nSPS) is 16.6. The van der Waals surface area contributed by atoms with E-state index in [1.165, 1.54) is 12.1 Å². The Hall–Kier alpha value is -1.93. The third kappa shape index (κ3) is 3.55. The third-order valence-electron chi connectivity index (χ3n) is 3.64. The number of nitrogens with one attached hydrogen (secondary N) is 1. The molecule has 1 heterocycles. The van der Waals surface area contributed by atoms with Crippen molar-refractivity contribution in [2.75, 3.05) is 19.6 Å². The van der Waals surface area contributed by atoms with E-state index in [1.807, 2.05) is 0 Å². The largest absolute Gasteiger partial charge is 0.349 e. The van der Waals surface area contributed by atoms with Crippen molar-refractivity contribution in [3.63, 3.8) is 0 Å². The Bertz CT molecular complexity index is 530. The van der Waals surface area contributed by atoms with Gasteiger partial charge in [0.2, 0.25) is 0 Å². The van der Waals surface area contributed by atoms with Crippen molar-refractivity contribution < 1.29 is 9.18 Å². The number of rotatable bonds is 3. The summed E-state index contributed by atoms with van der Waals surface area (Å²) in [5.74, 6) is -0.460. The number of amides is 1. The van der Waals surface area contributed by atoms with Gasteiger partial charge in [-0.05, 0) is 43.5 Å². The fourth-order valence-electron chi connectivity index (χ4n) is 2.39. The molecule has 0 aliphatic carbocycles. The van der Waals surface area contributed by atoms with Crippen LogP contribution in [0.1, 0.15) is 28.8 Å². The molecular formula is C15H18FN3O. The molecule has 0 saturated carbocycles. The standard InChI is InChI=1S/C15H18FN3O/c1-11-10-12(2-3-14(11)16)15(20)18-13-4-7-19(8-5-13)9-6-17/h2-3,10,13H,4-5,7-9H2,1H3,(H,18,20). The smallest absolute Gasteiger partial charge is 0.251 e. The van der Waals surface area contributed by atoms with E-state index in [-0.39, 0.29) is 17.8 Å². The zero-order chi connectivity index (χ0) is 14.5. The van der Waals surface area contributed by atoms with E-state index in [2.05, 4.69) is 16.3 Å². The van der Waals surface area contributed by atoms with Gasteiger partial charge in [0.15, 0.2) is 0 Å². The Balaban J connectivity index is 1.89. The van der Waals surface area contributed by atoms with Gasteiger partial charge in [-0.1, -0.05) is 0 Å². The van der Waals surface area contributed by atoms with E-state index in [0.717, 1.165) is 25.9 Å². The molecule has 0 radical (unpaired) electrons. The third-order valence-corrected chi connectivity index (χ3v) is 3.64. The fraction of sp³-hybridized carbons (Fsp3) is 0.467. The highest BCUT2D eigenvalue weighted by Gasteiger charge is 2.21. The lowest BCUT2D eigenvalue weighted by atomic mass is 10.0. The molecule has 0 aromatic heterocycles. The zero-order valence-electron chi connectivity index (χ0n) is 11.5. The quantitative estimate of drug-likeness (QED) is 0.857. The SMILES string of the molecule is Cc1cc(C(=O)NC2CCN(CC#N)CC2)ccc1F. The van der Waals surface area contributed by atoms with Gasteiger partial charge in [-0.3, -0.25) is 9.69 Å². The van der Waals surface area contributed by atoms with Gasteiger partial charge in [0.25, 0.3) is 5.91 Å². The van der Waals surface area contributed by atoms with E-state index in [4.69, 9.17) is 5.26 Å². The van der Waals surface area contributed by atoms with Crippen molar-refractivity contribution in [3.8, 4) is 6.07 Å². The van der Waals surface area contributed by atoms with Crippen LogP contribution in [0.3, 0.4) is 0 Å². The molecule has 0 bridgehead atoms. The lowest BCUT2D eigenvalue weighted by Crippen LogP contribution is -2.44. The molecule has 1 N–H and O–H groups in total. The minimum absolute atomic E-state index is 0.128. The van der Waals surface area contributed by atoms with Crippen LogP contribution < -0.4 is 5.32 Å². The average Bonchev–Trinajstić information content (AvgIpc) is 2.44. The van der Waals surface area contributed by atoms with Crippen LogP contribution in [-0.4, -0.2) is 36.5 Å². The second-order valence-electron chi connectivity index (χ2n) is 5.15. The van der Waals surface area contributed by atoms with Gasteiger partial charge in [-0.15, -0.1) is 0 Å². The van der Waals surface area contributed by atoms with Gasteiger partial charge in [-0.25, -0.2) is 4.39 Å². The number of benzene rings is 1.